The number of allylic oxidation sites excluding steroid dienone is 3. The first-order valence-electron chi connectivity index (χ1n) is 9.45. The molecule has 1 aliphatic carbocycles. The van der Waals surface area contributed by atoms with Crippen LogP contribution < -0.4 is 0 Å². The third kappa shape index (κ3) is 2.13. The molecule has 3 heteroatoms. The number of rotatable bonds is 5. The quantitative estimate of drug-likeness (QED) is 0.468. The zero-order valence-corrected chi connectivity index (χ0v) is 20.1. The van der Waals surface area contributed by atoms with Gasteiger partial charge in [0.1, 0.15) is 0 Å². The fourth-order valence-corrected chi connectivity index (χ4v) is 31.0. The second kappa shape index (κ2) is 3.58. The van der Waals surface area contributed by atoms with Gasteiger partial charge in [0.15, 0.2) is 0 Å². The Morgan fingerprint density at radius 1 is 1.05 bits per heavy atom. The van der Waals surface area contributed by atoms with Crippen LogP contribution in [0.4, 0.5) is 0 Å². The van der Waals surface area contributed by atoms with Crippen molar-refractivity contribution >= 4 is 6.66 Å². The molecule has 0 aromatic heterocycles. The van der Waals surface area contributed by atoms with Gasteiger partial charge >= 0.3 is 135 Å². The number of hydrogen-bond acceptors (Lipinski definition) is 1. The molecule has 0 amide bonds. The molecule has 0 atom stereocenters. The third-order valence-corrected chi connectivity index (χ3v) is 71.7. The van der Waals surface area contributed by atoms with Crippen molar-refractivity contribution in [2.24, 2.45) is 0 Å². The molecule has 132 valence electrons. The SMILES string of the molecule is C[CH2][Ti]([CH3])([CH3])([CH3])([CH3])([CH2]C)([N](C1=CC=CC1)C(C)(C)C)[SiH](C)C. The Bertz CT molecular complexity index is 585. The summed E-state index contributed by atoms with van der Waals surface area (Å²) < 4.78 is 5.60. The van der Waals surface area contributed by atoms with Gasteiger partial charge in [-0.05, 0) is 0 Å². The molecule has 0 bridgehead atoms. The fourth-order valence-electron chi connectivity index (χ4n) is 5.54. The first-order chi connectivity index (χ1) is 9.33. The van der Waals surface area contributed by atoms with Crippen LogP contribution in [-0.2, 0) is 11.0 Å². The van der Waals surface area contributed by atoms with E-state index in [9.17, 15) is 0 Å². The monoisotopic (exact) mass is 361 g/mol. The van der Waals surface area contributed by atoms with Gasteiger partial charge < -0.3 is 0 Å². The van der Waals surface area contributed by atoms with Crippen LogP contribution in [0.2, 0.25) is 43.5 Å². The zero-order valence-electron chi connectivity index (χ0n) is 17.4. The molecule has 0 aromatic carbocycles. The van der Waals surface area contributed by atoms with E-state index in [1.54, 1.807) is 5.70 Å². The first kappa shape index (κ1) is 20.3. The Morgan fingerprint density at radius 3 is 1.73 bits per heavy atom. The van der Waals surface area contributed by atoms with Gasteiger partial charge in [-0.1, -0.05) is 0 Å². The Hall–Kier alpha value is 0.211. The van der Waals surface area contributed by atoms with Crippen LogP contribution in [0.3, 0.4) is 0 Å². The van der Waals surface area contributed by atoms with E-state index in [-0.39, 0.29) is 5.54 Å². The molecule has 0 saturated carbocycles. The summed E-state index contributed by atoms with van der Waals surface area (Å²) in [5.41, 5.74) is 1.68. The van der Waals surface area contributed by atoms with Gasteiger partial charge in [0.05, 0.1) is 0 Å². The average molecular weight is 362 g/mol. The molecule has 0 radical (unpaired) electrons. The second-order valence-electron chi connectivity index (χ2n) is 14.6. The molecule has 0 saturated heterocycles. The van der Waals surface area contributed by atoms with E-state index >= 15 is 0 Å². The molecule has 0 aromatic rings. The van der Waals surface area contributed by atoms with E-state index in [0.29, 0.717) is 0 Å². The van der Waals surface area contributed by atoms with Gasteiger partial charge in [0, 0.05) is 0 Å². The molecule has 1 rings (SSSR count). The van der Waals surface area contributed by atoms with Crippen molar-refractivity contribution in [3.05, 3.63) is 23.9 Å². The molecule has 0 N–H and O–H groups in total. The van der Waals surface area contributed by atoms with E-state index in [2.05, 4.69) is 90.2 Å². The summed E-state index contributed by atoms with van der Waals surface area (Å²) in [6.07, 6.45) is 8.06. The predicted molar refractivity (Wildman–Crippen MR) is 107 cm³/mol. The van der Waals surface area contributed by atoms with Crippen molar-refractivity contribution in [3.63, 3.8) is 0 Å². The molecule has 0 unspecified atom stereocenters. The Labute approximate surface area is 134 Å². The van der Waals surface area contributed by atoms with Gasteiger partial charge in [-0.3, -0.25) is 0 Å². The van der Waals surface area contributed by atoms with Gasteiger partial charge in [0.2, 0.25) is 0 Å². The van der Waals surface area contributed by atoms with E-state index in [4.69, 9.17) is 0 Å². The van der Waals surface area contributed by atoms with E-state index in [1.165, 1.54) is 9.45 Å². The molecule has 0 aliphatic heterocycles. The summed E-state index contributed by atoms with van der Waals surface area (Å²) >= 11 is 0. The van der Waals surface area contributed by atoms with Crippen molar-refractivity contribution in [3.8, 4) is 0 Å². The van der Waals surface area contributed by atoms with Crippen LogP contribution in [0.5, 0.6) is 0 Å². The van der Waals surface area contributed by atoms with Crippen molar-refractivity contribution in [2.75, 3.05) is 0 Å². The average Bonchev–Trinajstić information content (AvgIpc) is 2.81. The predicted octanol–water partition coefficient (Wildman–Crippen LogP) is 7.19. The van der Waals surface area contributed by atoms with Crippen LogP contribution in [0.25, 0.3) is 0 Å². The molecule has 0 heterocycles. The van der Waals surface area contributed by atoms with Crippen LogP contribution >= 0.6 is 0 Å². The van der Waals surface area contributed by atoms with Gasteiger partial charge in [-0.2, -0.15) is 0 Å². The summed E-state index contributed by atoms with van der Waals surface area (Å²) in [5.74, 6) is 0. The second-order valence-corrected chi connectivity index (χ2v) is 67.3. The molecule has 1 aliphatic rings. The maximum atomic E-state index is 3.01. The Kier molecular flexibility index (Phi) is 3.29. The number of hydrogen-bond donors (Lipinski definition) is 0. The van der Waals surface area contributed by atoms with E-state index in [1.807, 2.05) is 0 Å². The summed E-state index contributed by atoms with van der Waals surface area (Å²) in [7, 11) is -4.40. The third-order valence-electron chi connectivity index (χ3n) is 10.5. The standard InChI is InChI=1S/C9H14N.C2H7Si.2C2H5.4CH3.Ti/c1-9(2,3)10-8-6-4-5-7-8;1-3-2;2*1-2;;;;;/h4-6H,7H2,1-3H3;3H,1-2H3;2*1H2,2H3;4*1H3;/q-1;;;;;;;;+1. The Morgan fingerprint density at radius 2 is 1.50 bits per heavy atom. The molecule has 1 nitrogen and oxygen atoms in total. The van der Waals surface area contributed by atoms with Crippen LogP contribution in [0.15, 0.2) is 23.9 Å². The van der Waals surface area contributed by atoms with Crippen LogP contribution in [0, 0.1) is 0 Å². The molecular weight excluding hydrogens is 318 g/mol. The molecule has 0 spiro atoms. The van der Waals surface area contributed by atoms with Crippen LogP contribution in [0.1, 0.15) is 41.0 Å². The van der Waals surface area contributed by atoms with Gasteiger partial charge in [-0.15, -0.1) is 0 Å². The normalized spacial score (nSPS) is 23.4. The minimum atomic E-state index is -4.40. The van der Waals surface area contributed by atoms with Crippen molar-refractivity contribution in [1.82, 2.24) is 3.38 Å². The minimum absolute atomic E-state index is 0.133. The topological polar surface area (TPSA) is 3.24 Å². The first-order valence-corrected chi connectivity index (χ1v) is 24.2. The van der Waals surface area contributed by atoms with Crippen molar-refractivity contribution in [2.45, 2.75) is 90.0 Å². The summed E-state index contributed by atoms with van der Waals surface area (Å²) in [6, 6.07) is 0. The molecular formula is C19H43NSiTi. The Balaban J connectivity index is 4.13. The van der Waals surface area contributed by atoms with Crippen LogP contribution in [-0.4, -0.2) is 15.6 Å². The maximum absolute atomic E-state index is 4.40. The van der Waals surface area contributed by atoms with Crippen molar-refractivity contribution in [1.29, 1.82) is 0 Å². The van der Waals surface area contributed by atoms with E-state index in [0.717, 1.165) is 6.42 Å². The summed E-state index contributed by atoms with van der Waals surface area (Å²) in [4.78, 5) is 0. The zero-order chi connectivity index (χ0) is 17.8. The van der Waals surface area contributed by atoms with Gasteiger partial charge in [0.25, 0.3) is 0 Å². The summed E-state index contributed by atoms with van der Waals surface area (Å²) in [5, 5.41) is 11.1. The number of nitrogens with zero attached hydrogens (tertiary/aromatic N) is 1. The summed E-state index contributed by atoms with van der Waals surface area (Å²) in [6.45, 7) is 16.4. The van der Waals surface area contributed by atoms with Crippen molar-refractivity contribution < 1.29 is 11.0 Å². The fraction of sp³-hybridized carbons (Fsp3) is 0.789. The van der Waals surface area contributed by atoms with E-state index < -0.39 is 17.6 Å². The molecule has 22 heavy (non-hydrogen) atoms. The molecule has 0 fully saturated rings. The van der Waals surface area contributed by atoms with Gasteiger partial charge in [-0.25, -0.2) is 0 Å².